The van der Waals surface area contributed by atoms with E-state index in [0.717, 1.165) is 26.6 Å². The number of thiazole rings is 1. The van der Waals surface area contributed by atoms with Gasteiger partial charge in [0, 0.05) is 18.4 Å². The maximum atomic E-state index is 12.7. The van der Waals surface area contributed by atoms with Crippen LogP contribution in [0, 0.1) is 13.8 Å². The first-order chi connectivity index (χ1) is 13.4. The number of fused-ring (bicyclic) bond motifs is 2. The third kappa shape index (κ3) is 3.59. The molecule has 7 nitrogen and oxygen atoms in total. The molecule has 1 atom stereocenters. The summed E-state index contributed by atoms with van der Waals surface area (Å²) in [4.78, 5) is 27.9. The van der Waals surface area contributed by atoms with Gasteiger partial charge in [0.1, 0.15) is 5.01 Å². The normalized spacial score (nSPS) is 12.6. The van der Waals surface area contributed by atoms with Gasteiger partial charge >= 0.3 is 0 Å². The highest BCUT2D eigenvalue weighted by Gasteiger charge is 2.21. The van der Waals surface area contributed by atoms with Crippen LogP contribution in [0.4, 0.5) is 0 Å². The van der Waals surface area contributed by atoms with E-state index in [0.29, 0.717) is 10.9 Å². The second kappa shape index (κ2) is 7.48. The largest absolute Gasteiger partial charge is 0.336 e. The smallest absolute Gasteiger partial charge is 0.253 e. The van der Waals surface area contributed by atoms with E-state index in [4.69, 9.17) is 0 Å². The van der Waals surface area contributed by atoms with Gasteiger partial charge in [0.05, 0.1) is 22.0 Å². The van der Waals surface area contributed by atoms with Crippen molar-refractivity contribution in [3.05, 3.63) is 46.7 Å². The Morgan fingerprint density at radius 3 is 2.82 bits per heavy atom. The molecule has 0 fully saturated rings. The van der Waals surface area contributed by atoms with Gasteiger partial charge in [0.25, 0.3) is 5.78 Å². The average Bonchev–Trinajstić information content (AvgIpc) is 3.28. The van der Waals surface area contributed by atoms with Crippen LogP contribution in [-0.2, 0) is 4.79 Å². The van der Waals surface area contributed by atoms with E-state index in [2.05, 4.69) is 20.1 Å². The summed E-state index contributed by atoms with van der Waals surface area (Å²) in [6.45, 7) is 5.89. The summed E-state index contributed by atoms with van der Waals surface area (Å²) in [5, 5.41) is 5.93. The first kappa shape index (κ1) is 18.8. The number of amides is 1. The first-order valence-electron chi connectivity index (χ1n) is 8.87. The fourth-order valence-corrected chi connectivity index (χ4v) is 4.69. The van der Waals surface area contributed by atoms with Crippen molar-refractivity contribution in [1.82, 2.24) is 29.5 Å². The van der Waals surface area contributed by atoms with Crippen LogP contribution in [-0.4, -0.2) is 48.2 Å². The van der Waals surface area contributed by atoms with Crippen LogP contribution in [0.3, 0.4) is 0 Å². The summed E-state index contributed by atoms with van der Waals surface area (Å²) in [5.41, 5.74) is 2.83. The lowest BCUT2D eigenvalue weighted by molar-refractivity contribution is -0.128. The van der Waals surface area contributed by atoms with E-state index in [9.17, 15) is 4.79 Å². The summed E-state index contributed by atoms with van der Waals surface area (Å²) in [5.74, 6) is 0.834. The lowest BCUT2D eigenvalue weighted by atomic mass is 10.3. The lowest BCUT2D eigenvalue weighted by Gasteiger charge is -2.22. The van der Waals surface area contributed by atoms with Crippen molar-refractivity contribution in [3.63, 3.8) is 0 Å². The fraction of sp³-hybridized carbons (Fsp3) is 0.316. The highest BCUT2D eigenvalue weighted by atomic mass is 32.2. The number of carbonyl (C=O) groups is 1. The van der Waals surface area contributed by atoms with E-state index in [1.54, 1.807) is 20.8 Å². The number of para-hydroxylation sites is 1. The van der Waals surface area contributed by atoms with Gasteiger partial charge in [-0.1, -0.05) is 23.9 Å². The van der Waals surface area contributed by atoms with Gasteiger partial charge in [-0.2, -0.15) is 4.98 Å². The van der Waals surface area contributed by atoms with Gasteiger partial charge in [-0.25, -0.2) is 14.5 Å². The summed E-state index contributed by atoms with van der Waals surface area (Å²) in [6.07, 6.45) is 0. The summed E-state index contributed by atoms with van der Waals surface area (Å²) in [7, 11) is 1.81. The van der Waals surface area contributed by atoms with E-state index in [1.165, 1.54) is 11.8 Å². The van der Waals surface area contributed by atoms with Gasteiger partial charge in [-0.3, -0.25) is 4.79 Å². The van der Waals surface area contributed by atoms with Gasteiger partial charge in [0.15, 0.2) is 0 Å². The average molecular weight is 413 g/mol. The minimum atomic E-state index is -0.0916. The number of thioether (sulfide) groups is 1. The number of aromatic nitrogens is 5. The van der Waals surface area contributed by atoms with E-state index in [-0.39, 0.29) is 17.7 Å². The molecule has 0 aliphatic heterocycles. The van der Waals surface area contributed by atoms with E-state index < -0.39 is 0 Å². The molecule has 3 aromatic heterocycles. The number of nitrogens with zero attached hydrogens (tertiary/aromatic N) is 6. The van der Waals surface area contributed by atoms with Crippen LogP contribution >= 0.6 is 23.1 Å². The van der Waals surface area contributed by atoms with Crippen LogP contribution in [0.1, 0.15) is 29.4 Å². The zero-order valence-corrected chi connectivity index (χ0v) is 17.7. The molecule has 9 heteroatoms. The van der Waals surface area contributed by atoms with Crippen molar-refractivity contribution >= 4 is 45.0 Å². The Morgan fingerprint density at radius 1 is 1.25 bits per heavy atom. The van der Waals surface area contributed by atoms with Crippen LogP contribution in [0.2, 0.25) is 0 Å². The van der Waals surface area contributed by atoms with Crippen LogP contribution in [0.15, 0.2) is 35.5 Å². The second-order valence-electron chi connectivity index (χ2n) is 6.63. The van der Waals surface area contributed by atoms with Crippen LogP contribution in [0.5, 0.6) is 0 Å². The van der Waals surface area contributed by atoms with Gasteiger partial charge in [0.2, 0.25) is 11.1 Å². The predicted molar refractivity (Wildman–Crippen MR) is 112 cm³/mol. The Balaban J connectivity index is 1.45. The molecule has 0 N–H and O–H groups in total. The summed E-state index contributed by atoms with van der Waals surface area (Å²) < 4.78 is 2.83. The molecule has 1 aromatic carbocycles. The Labute approximate surface area is 170 Å². The van der Waals surface area contributed by atoms with Crippen molar-refractivity contribution in [2.24, 2.45) is 0 Å². The maximum absolute atomic E-state index is 12.7. The molecule has 1 amide bonds. The molecule has 3 heterocycles. The van der Waals surface area contributed by atoms with Crippen molar-refractivity contribution in [1.29, 1.82) is 0 Å². The zero-order chi connectivity index (χ0) is 19.8. The second-order valence-corrected chi connectivity index (χ2v) is 8.64. The first-order valence-corrected chi connectivity index (χ1v) is 10.7. The Hall–Kier alpha value is -2.52. The van der Waals surface area contributed by atoms with E-state index in [1.807, 2.05) is 58.2 Å². The van der Waals surface area contributed by atoms with Gasteiger partial charge in [-0.05, 0) is 39.0 Å². The quantitative estimate of drug-likeness (QED) is 0.466. The molecule has 0 spiro atoms. The Bertz CT molecular complexity index is 1130. The molecule has 28 heavy (non-hydrogen) atoms. The highest BCUT2D eigenvalue weighted by molar-refractivity contribution is 7.99. The molecular formula is C19H20N6OS2. The van der Waals surface area contributed by atoms with E-state index >= 15 is 0 Å². The lowest BCUT2D eigenvalue weighted by Crippen LogP contribution is -2.31. The number of hydrogen-bond donors (Lipinski definition) is 0. The molecule has 0 aliphatic carbocycles. The molecule has 4 rings (SSSR count). The fourth-order valence-electron chi connectivity index (χ4n) is 2.89. The van der Waals surface area contributed by atoms with Crippen molar-refractivity contribution < 1.29 is 4.79 Å². The van der Waals surface area contributed by atoms with Gasteiger partial charge in [-0.15, -0.1) is 16.4 Å². The molecule has 0 saturated heterocycles. The number of carbonyl (C=O) groups excluding carboxylic acids is 1. The topological polar surface area (TPSA) is 76.3 Å². The SMILES string of the molecule is Cc1cc(C)n2nc(SCC(=O)N(C)[C@@H](C)c3nc4ccccc4s3)nc2n1. The third-order valence-electron chi connectivity index (χ3n) is 4.57. The number of rotatable bonds is 5. The third-order valence-corrected chi connectivity index (χ3v) is 6.59. The maximum Gasteiger partial charge on any atom is 0.253 e. The summed E-state index contributed by atoms with van der Waals surface area (Å²) >= 11 is 2.95. The molecule has 0 aliphatic rings. The van der Waals surface area contributed by atoms with Crippen molar-refractivity contribution in [2.75, 3.05) is 12.8 Å². The summed E-state index contributed by atoms with van der Waals surface area (Å²) in [6, 6.07) is 9.88. The highest BCUT2D eigenvalue weighted by Crippen LogP contribution is 2.29. The van der Waals surface area contributed by atoms with Crippen LogP contribution < -0.4 is 0 Å². The minimum Gasteiger partial charge on any atom is -0.336 e. The molecule has 0 radical (unpaired) electrons. The van der Waals surface area contributed by atoms with Crippen molar-refractivity contribution in [2.45, 2.75) is 32.0 Å². The number of aryl methyl sites for hydroxylation is 2. The molecule has 0 bridgehead atoms. The monoisotopic (exact) mass is 412 g/mol. The number of hydrogen-bond acceptors (Lipinski definition) is 7. The molecule has 144 valence electrons. The Morgan fingerprint density at radius 2 is 2.04 bits per heavy atom. The van der Waals surface area contributed by atoms with Crippen molar-refractivity contribution in [3.8, 4) is 0 Å². The molecular weight excluding hydrogens is 392 g/mol. The van der Waals surface area contributed by atoms with Crippen LogP contribution in [0.25, 0.3) is 16.0 Å². The number of benzene rings is 1. The zero-order valence-electron chi connectivity index (χ0n) is 16.1. The molecule has 0 unspecified atom stereocenters. The molecule has 0 saturated carbocycles. The van der Waals surface area contributed by atoms with Gasteiger partial charge < -0.3 is 4.90 Å². The molecule has 4 aromatic rings. The standard InChI is InChI=1S/C19H20N6OS2/c1-11-9-12(2)25-18(20-11)22-19(23-25)27-10-16(26)24(4)13(3)17-21-14-7-5-6-8-15(14)28-17/h5-9,13H,10H2,1-4H3/t13-/m0/s1. The minimum absolute atomic E-state index is 0.0106. The Kier molecular flexibility index (Phi) is 5.03. The predicted octanol–water partition coefficient (Wildman–Crippen LogP) is 3.66.